The summed E-state index contributed by atoms with van der Waals surface area (Å²) >= 11 is 0. The molecule has 0 bridgehead atoms. The topological polar surface area (TPSA) is 52.6 Å². The van der Waals surface area contributed by atoms with Crippen LogP contribution in [0.5, 0.6) is 11.5 Å². The van der Waals surface area contributed by atoms with E-state index in [1.165, 1.54) is 77.0 Å². The van der Waals surface area contributed by atoms with Crippen molar-refractivity contribution >= 4 is 11.9 Å². The van der Waals surface area contributed by atoms with Gasteiger partial charge in [0.25, 0.3) is 0 Å². The third kappa shape index (κ3) is 14.9. The SMILES string of the molecule is CCCCCCCCCCCCCCCCC(=O)Oc1ccc(-c2ccc(OC(=O)CC(C)CC)cc2)cc1. The van der Waals surface area contributed by atoms with Crippen LogP contribution in [0.15, 0.2) is 48.5 Å². The minimum Gasteiger partial charge on any atom is -0.427 e. The summed E-state index contributed by atoms with van der Waals surface area (Å²) in [5.41, 5.74) is 2.02. The van der Waals surface area contributed by atoms with Gasteiger partial charge in [0.1, 0.15) is 11.5 Å². The summed E-state index contributed by atoms with van der Waals surface area (Å²) in [7, 11) is 0. The molecule has 216 valence electrons. The van der Waals surface area contributed by atoms with Crippen LogP contribution in [0.3, 0.4) is 0 Å². The Bertz CT molecular complexity index is 917. The largest absolute Gasteiger partial charge is 0.427 e. The molecule has 0 amide bonds. The van der Waals surface area contributed by atoms with Gasteiger partial charge in [-0.25, -0.2) is 0 Å². The van der Waals surface area contributed by atoms with Crippen LogP contribution in [0.25, 0.3) is 11.1 Å². The van der Waals surface area contributed by atoms with Gasteiger partial charge in [0, 0.05) is 12.8 Å². The van der Waals surface area contributed by atoms with E-state index in [-0.39, 0.29) is 11.9 Å². The maximum atomic E-state index is 12.2. The molecule has 0 aliphatic heterocycles. The molecule has 0 fully saturated rings. The molecule has 1 unspecified atom stereocenters. The van der Waals surface area contributed by atoms with E-state index in [2.05, 4.69) is 13.8 Å². The molecule has 0 aliphatic rings. The summed E-state index contributed by atoms with van der Waals surface area (Å²) in [6.07, 6.45) is 20.1. The van der Waals surface area contributed by atoms with Crippen LogP contribution in [0.1, 0.15) is 130 Å². The monoisotopic (exact) mass is 536 g/mol. The lowest BCUT2D eigenvalue weighted by Crippen LogP contribution is -2.11. The normalized spacial score (nSPS) is 11.8. The minimum absolute atomic E-state index is 0.162. The fourth-order valence-electron chi connectivity index (χ4n) is 4.68. The van der Waals surface area contributed by atoms with Gasteiger partial charge in [-0.3, -0.25) is 9.59 Å². The first kappa shape index (κ1) is 32.6. The fraction of sp³-hybridized carbons (Fsp3) is 0.600. The van der Waals surface area contributed by atoms with Crippen molar-refractivity contribution in [1.29, 1.82) is 0 Å². The Morgan fingerprint density at radius 3 is 1.36 bits per heavy atom. The second kappa shape index (κ2) is 20.3. The summed E-state index contributed by atoms with van der Waals surface area (Å²) < 4.78 is 11.0. The maximum absolute atomic E-state index is 12.2. The van der Waals surface area contributed by atoms with Crippen molar-refractivity contribution in [3.63, 3.8) is 0 Å². The van der Waals surface area contributed by atoms with Crippen molar-refractivity contribution in [1.82, 2.24) is 0 Å². The van der Waals surface area contributed by atoms with Crippen molar-refractivity contribution in [3.8, 4) is 22.6 Å². The van der Waals surface area contributed by atoms with Crippen molar-refractivity contribution < 1.29 is 19.1 Å². The fourth-order valence-corrected chi connectivity index (χ4v) is 4.68. The molecular weight excluding hydrogens is 484 g/mol. The van der Waals surface area contributed by atoms with E-state index in [1.807, 2.05) is 55.5 Å². The molecule has 0 N–H and O–H groups in total. The Balaban J connectivity index is 1.55. The molecule has 0 saturated heterocycles. The summed E-state index contributed by atoms with van der Waals surface area (Å²) in [5.74, 6) is 1.09. The van der Waals surface area contributed by atoms with E-state index < -0.39 is 0 Å². The molecule has 2 rings (SSSR count). The van der Waals surface area contributed by atoms with Crippen LogP contribution < -0.4 is 9.47 Å². The van der Waals surface area contributed by atoms with Gasteiger partial charge in [0.05, 0.1) is 0 Å². The smallest absolute Gasteiger partial charge is 0.311 e. The number of carbonyl (C=O) groups is 2. The molecule has 4 nitrogen and oxygen atoms in total. The molecule has 39 heavy (non-hydrogen) atoms. The van der Waals surface area contributed by atoms with Gasteiger partial charge in [-0.15, -0.1) is 0 Å². The molecule has 4 heteroatoms. The van der Waals surface area contributed by atoms with Crippen molar-refractivity contribution in [2.24, 2.45) is 5.92 Å². The summed E-state index contributed by atoms with van der Waals surface area (Å²) in [6.45, 7) is 6.39. The Kier molecular flexibility index (Phi) is 17.0. The number of carbonyl (C=O) groups excluding carboxylic acids is 2. The molecule has 0 heterocycles. The number of hydrogen-bond donors (Lipinski definition) is 0. The molecule has 0 saturated carbocycles. The molecule has 0 radical (unpaired) electrons. The molecular formula is C35H52O4. The van der Waals surface area contributed by atoms with Gasteiger partial charge < -0.3 is 9.47 Å². The highest BCUT2D eigenvalue weighted by atomic mass is 16.5. The Hall–Kier alpha value is -2.62. The molecule has 0 aliphatic carbocycles. The number of rotatable bonds is 21. The highest BCUT2D eigenvalue weighted by Crippen LogP contribution is 2.25. The van der Waals surface area contributed by atoms with Gasteiger partial charge in [-0.1, -0.05) is 135 Å². The van der Waals surface area contributed by atoms with Crippen LogP contribution in [-0.4, -0.2) is 11.9 Å². The van der Waals surface area contributed by atoms with Crippen molar-refractivity contribution in [2.45, 2.75) is 130 Å². The molecule has 2 aromatic rings. The molecule has 2 aromatic carbocycles. The molecule has 0 spiro atoms. The molecule has 0 aromatic heterocycles. The van der Waals surface area contributed by atoms with E-state index in [9.17, 15) is 9.59 Å². The standard InChI is InChI=1S/C35H52O4/c1-4-6-7-8-9-10-11-12-13-14-15-16-17-18-19-34(36)38-32-24-20-30(21-25-32)31-22-26-33(27-23-31)39-35(37)28-29(3)5-2/h20-27,29H,4-19,28H2,1-3H3. The first-order valence-electron chi connectivity index (χ1n) is 15.6. The van der Waals surface area contributed by atoms with Crippen LogP contribution in [-0.2, 0) is 9.59 Å². The van der Waals surface area contributed by atoms with E-state index in [4.69, 9.17) is 9.47 Å². The average Bonchev–Trinajstić information content (AvgIpc) is 2.94. The third-order valence-corrected chi connectivity index (χ3v) is 7.45. The predicted molar refractivity (Wildman–Crippen MR) is 162 cm³/mol. The maximum Gasteiger partial charge on any atom is 0.311 e. The zero-order chi connectivity index (χ0) is 28.1. The van der Waals surface area contributed by atoms with E-state index in [0.717, 1.165) is 30.4 Å². The first-order chi connectivity index (χ1) is 19.0. The third-order valence-electron chi connectivity index (χ3n) is 7.45. The van der Waals surface area contributed by atoms with Gasteiger partial charge in [0.15, 0.2) is 0 Å². The van der Waals surface area contributed by atoms with Crippen LogP contribution in [0.2, 0.25) is 0 Å². The number of ether oxygens (including phenoxy) is 2. The van der Waals surface area contributed by atoms with Crippen LogP contribution in [0.4, 0.5) is 0 Å². The van der Waals surface area contributed by atoms with Gasteiger partial charge in [-0.2, -0.15) is 0 Å². The lowest BCUT2D eigenvalue weighted by atomic mass is 10.0. The van der Waals surface area contributed by atoms with Crippen molar-refractivity contribution in [3.05, 3.63) is 48.5 Å². The summed E-state index contributed by atoms with van der Waals surface area (Å²) in [4.78, 5) is 24.2. The zero-order valence-corrected chi connectivity index (χ0v) is 24.8. The predicted octanol–water partition coefficient (Wildman–Crippen LogP) is 10.5. The van der Waals surface area contributed by atoms with Crippen molar-refractivity contribution in [2.75, 3.05) is 0 Å². The second-order valence-electron chi connectivity index (χ2n) is 11.1. The molecule has 1 atom stereocenters. The Morgan fingerprint density at radius 1 is 0.564 bits per heavy atom. The van der Waals surface area contributed by atoms with Crippen LogP contribution in [0, 0.1) is 5.92 Å². The second-order valence-corrected chi connectivity index (χ2v) is 11.1. The van der Waals surface area contributed by atoms with Crippen LogP contribution >= 0.6 is 0 Å². The number of hydrogen-bond acceptors (Lipinski definition) is 4. The summed E-state index contributed by atoms with van der Waals surface area (Å²) in [5, 5.41) is 0. The number of esters is 2. The highest BCUT2D eigenvalue weighted by molar-refractivity contribution is 5.74. The Morgan fingerprint density at radius 2 is 0.949 bits per heavy atom. The van der Waals surface area contributed by atoms with Gasteiger partial charge in [0.2, 0.25) is 0 Å². The zero-order valence-electron chi connectivity index (χ0n) is 24.8. The number of benzene rings is 2. The number of unbranched alkanes of at least 4 members (excludes halogenated alkanes) is 13. The quantitative estimate of drug-likeness (QED) is 0.0904. The first-order valence-corrected chi connectivity index (χ1v) is 15.6. The van der Waals surface area contributed by atoms with E-state index in [1.54, 1.807) is 0 Å². The van der Waals surface area contributed by atoms with Gasteiger partial charge in [-0.05, 0) is 47.7 Å². The highest BCUT2D eigenvalue weighted by Gasteiger charge is 2.10. The van der Waals surface area contributed by atoms with E-state index in [0.29, 0.717) is 30.3 Å². The minimum atomic E-state index is -0.197. The lowest BCUT2D eigenvalue weighted by Gasteiger charge is -2.09. The van der Waals surface area contributed by atoms with Gasteiger partial charge >= 0.3 is 11.9 Å². The average molecular weight is 537 g/mol. The lowest BCUT2D eigenvalue weighted by molar-refractivity contribution is -0.136. The Labute approximate surface area is 237 Å². The van der Waals surface area contributed by atoms with E-state index >= 15 is 0 Å². The summed E-state index contributed by atoms with van der Waals surface area (Å²) in [6, 6.07) is 15.0.